The van der Waals surface area contributed by atoms with Crippen LogP contribution in [0.1, 0.15) is 27.7 Å². The molecular weight excluding hydrogens is 353 g/mol. The molecule has 148 valence electrons. The van der Waals surface area contributed by atoms with Crippen molar-refractivity contribution in [2.45, 2.75) is 34.2 Å². The fraction of sp³-hybridized carbons (Fsp3) is 0.391. The van der Waals surface area contributed by atoms with Crippen LogP contribution in [0.15, 0.2) is 48.5 Å². The normalized spacial score (nSPS) is 11.5. The molecule has 1 aromatic heterocycles. The highest BCUT2D eigenvalue weighted by molar-refractivity contribution is 5.84. The van der Waals surface area contributed by atoms with E-state index in [4.69, 9.17) is 4.98 Å². The minimum absolute atomic E-state index is 0.0777. The van der Waals surface area contributed by atoms with Crippen LogP contribution in [-0.4, -0.2) is 33.4 Å². The number of benzene rings is 2. The van der Waals surface area contributed by atoms with Crippen LogP contribution in [0.4, 0.5) is 4.39 Å². The number of imidazole rings is 1. The maximum atomic E-state index is 13.4. The van der Waals surface area contributed by atoms with Crippen LogP contribution < -0.4 is 0 Å². The molecule has 0 atom stereocenters. The Kier molecular flexibility index (Phi) is 6.12. The van der Waals surface area contributed by atoms with Gasteiger partial charge >= 0.3 is 0 Å². The number of para-hydroxylation sites is 2. The summed E-state index contributed by atoms with van der Waals surface area (Å²) >= 11 is 0. The molecule has 0 saturated heterocycles. The van der Waals surface area contributed by atoms with Crippen molar-refractivity contribution in [2.75, 3.05) is 13.1 Å². The zero-order chi connectivity index (χ0) is 20.3. The molecule has 3 rings (SSSR count). The molecular formula is C23H28FN3O. The van der Waals surface area contributed by atoms with Gasteiger partial charge in [0, 0.05) is 18.7 Å². The molecule has 0 unspecified atom stereocenters. The predicted octanol–water partition coefficient (Wildman–Crippen LogP) is 4.98. The van der Waals surface area contributed by atoms with Gasteiger partial charge in [0.1, 0.15) is 18.2 Å². The lowest BCUT2D eigenvalue weighted by Crippen LogP contribution is -2.39. The van der Waals surface area contributed by atoms with Gasteiger partial charge in [0.2, 0.25) is 5.91 Å². The molecule has 0 aliphatic heterocycles. The second-order valence-electron chi connectivity index (χ2n) is 8.10. The molecule has 0 spiro atoms. The molecule has 4 nitrogen and oxygen atoms in total. The van der Waals surface area contributed by atoms with Crippen LogP contribution in [0.5, 0.6) is 0 Å². The number of halogens is 1. The van der Waals surface area contributed by atoms with Gasteiger partial charge in [-0.25, -0.2) is 9.37 Å². The highest BCUT2D eigenvalue weighted by atomic mass is 19.1. The van der Waals surface area contributed by atoms with E-state index < -0.39 is 0 Å². The zero-order valence-corrected chi connectivity index (χ0v) is 17.0. The third-order valence-corrected chi connectivity index (χ3v) is 4.57. The Morgan fingerprint density at radius 1 is 1.00 bits per heavy atom. The van der Waals surface area contributed by atoms with Gasteiger partial charge in [-0.15, -0.1) is 0 Å². The van der Waals surface area contributed by atoms with Gasteiger partial charge in [-0.1, -0.05) is 39.8 Å². The first-order valence-corrected chi connectivity index (χ1v) is 9.84. The predicted molar refractivity (Wildman–Crippen MR) is 111 cm³/mol. The molecule has 5 heteroatoms. The van der Waals surface area contributed by atoms with Crippen molar-refractivity contribution in [1.29, 1.82) is 0 Å². The van der Waals surface area contributed by atoms with Crippen molar-refractivity contribution in [2.24, 2.45) is 11.8 Å². The Morgan fingerprint density at radius 3 is 2.21 bits per heavy atom. The topological polar surface area (TPSA) is 38.1 Å². The van der Waals surface area contributed by atoms with E-state index in [9.17, 15) is 9.18 Å². The summed E-state index contributed by atoms with van der Waals surface area (Å²) in [6, 6.07) is 14.0. The number of fused-ring (bicyclic) bond motifs is 1. The second kappa shape index (κ2) is 8.55. The first-order chi connectivity index (χ1) is 13.3. The molecule has 28 heavy (non-hydrogen) atoms. The summed E-state index contributed by atoms with van der Waals surface area (Å²) in [6.07, 6.45) is 0. The highest BCUT2D eigenvalue weighted by Gasteiger charge is 2.20. The third kappa shape index (κ3) is 4.58. The lowest BCUT2D eigenvalue weighted by Gasteiger charge is -2.27. The number of carbonyl (C=O) groups excluding carboxylic acids is 1. The van der Waals surface area contributed by atoms with E-state index in [0.29, 0.717) is 17.7 Å². The van der Waals surface area contributed by atoms with E-state index in [2.05, 4.69) is 27.7 Å². The lowest BCUT2D eigenvalue weighted by molar-refractivity contribution is -0.132. The summed E-state index contributed by atoms with van der Waals surface area (Å²) in [7, 11) is 0. The minimum Gasteiger partial charge on any atom is -0.341 e. The first-order valence-electron chi connectivity index (χ1n) is 9.84. The average molecular weight is 381 g/mol. The first kappa shape index (κ1) is 20.1. The maximum absolute atomic E-state index is 13.4. The van der Waals surface area contributed by atoms with Gasteiger partial charge in [0.05, 0.1) is 11.0 Å². The van der Waals surface area contributed by atoms with E-state index in [0.717, 1.165) is 29.7 Å². The Morgan fingerprint density at radius 2 is 1.61 bits per heavy atom. The number of amides is 1. The van der Waals surface area contributed by atoms with Gasteiger partial charge in [-0.05, 0) is 48.2 Å². The smallest absolute Gasteiger partial charge is 0.242 e. The van der Waals surface area contributed by atoms with Crippen molar-refractivity contribution < 1.29 is 9.18 Å². The summed E-state index contributed by atoms with van der Waals surface area (Å²) in [5.74, 6) is 1.28. The van der Waals surface area contributed by atoms with Gasteiger partial charge < -0.3 is 9.47 Å². The van der Waals surface area contributed by atoms with Crippen LogP contribution in [0.3, 0.4) is 0 Å². The van der Waals surface area contributed by atoms with Gasteiger partial charge in [-0.3, -0.25) is 4.79 Å². The molecule has 0 radical (unpaired) electrons. The van der Waals surface area contributed by atoms with Crippen molar-refractivity contribution in [1.82, 2.24) is 14.5 Å². The van der Waals surface area contributed by atoms with Crippen LogP contribution >= 0.6 is 0 Å². The Labute approximate surface area is 166 Å². The average Bonchev–Trinajstić information content (AvgIpc) is 2.99. The molecule has 0 aliphatic rings. The van der Waals surface area contributed by atoms with E-state index in [-0.39, 0.29) is 18.3 Å². The standard InChI is InChI=1S/C23H28FN3O/c1-16(2)13-26(14-17(3)4)22(28)15-27-21-8-6-5-7-20(21)25-23(27)18-9-11-19(24)12-10-18/h5-12,16-17H,13-15H2,1-4H3. The highest BCUT2D eigenvalue weighted by Crippen LogP contribution is 2.25. The number of hydrogen-bond acceptors (Lipinski definition) is 2. The SMILES string of the molecule is CC(C)CN(CC(C)C)C(=O)Cn1c(-c2ccc(F)cc2)nc2ccccc21. The lowest BCUT2D eigenvalue weighted by atomic mass is 10.1. The number of carbonyl (C=O) groups is 1. The summed E-state index contributed by atoms with van der Waals surface area (Å²) in [5, 5.41) is 0. The fourth-order valence-corrected chi connectivity index (χ4v) is 3.45. The van der Waals surface area contributed by atoms with Gasteiger partial charge in [0.15, 0.2) is 0 Å². The van der Waals surface area contributed by atoms with Gasteiger partial charge in [0.25, 0.3) is 0 Å². The Bertz CT molecular complexity index is 934. The van der Waals surface area contributed by atoms with Crippen LogP contribution in [-0.2, 0) is 11.3 Å². The van der Waals surface area contributed by atoms with Crippen molar-refractivity contribution >= 4 is 16.9 Å². The molecule has 0 saturated carbocycles. The molecule has 1 amide bonds. The van der Waals surface area contributed by atoms with E-state index in [1.165, 1.54) is 12.1 Å². The Balaban J connectivity index is 1.99. The van der Waals surface area contributed by atoms with Crippen molar-refractivity contribution in [3.63, 3.8) is 0 Å². The zero-order valence-electron chi connectivity index (χ0n) is 17.0. The number of aromatic nitrogens is 2. The van der Waals surface area contributed by atoms with Crippen LogP contribution in [0, 0.1) is 17.7 Å². The third-order valence-electron chi connectivity index (χ3n) is 4.57. The molecule has 2 aromatic carbocycles. The maximum Gasteiger partial charge on any atom is 0.242 e. The summed E-state index contributed by atoms with van der Waals surface area (Å²) in [5.41, 5.74) is 2.53. The molecule has 1 heterocycles. The monoisotopic (exact) mass is 381 g/mol. The molecule has 0 aliphatic carbocycles. The summed E-state index contributed by atoms with van der Waals surface area (Å²) in [6.45, 7) is 10.2. The largest absolute Gasteiger partial charge is 0.341 e. The fourth-order valence-electron chi connectivity index (χ4n) is 3.45. The number of rotatable bonds is 7. The molecule has 0 bridgehead atoms. The van der Waals surface area contributed by atoms with E-state index in [1.807, 2.05) is 33.7 Å². The second-order valence-corrected chi connectivity index (χ2v) is 8.10. The van der Waals surface area contributed by atoms with Crippen molar-refractivity contribution in [3.05, 3.63) is 54.3 Å². The molecule has 3 aromatic rings. The summed E-state index contributed by atoms with van der Waals surface area (Å²) < 4.78 is 15.3. The summed E-state index contributed by atoms with van der Waals surface area (Å²) in [4.78, 5) is 19.8. The van der Waals surface area contributed by atoms with E-state index >= 15 is 0 Å². The van der Waals surface area contributed by atoms with Crippen LogP contribution in [0.25, 0.3) is 22.4 Å². The molecule has 0 N–H and O–H groups in total. The van der Waals surface area contributed by atoms with Crippen LogP contribution in [0.2, 0.25) is 0 Å². The Hall–Kier alpha value is -2.69. The van der Waals surface area contributed by atoms with E-state index in [1.54, 1.807) is 12.1 Å². The minimum atomic E-state index is -0.289. The number of hydrogen-bond donors (Lipinski definition) is 0. The van der Waals surface area contributed by atoms with Gasteiger partial charge in [-0.2, -0.15) is 0 Å². The quantitative estimate of drug-likeness (QED) is 0.579. The number of nitrogens with zero attached hydrogens (tertiary/aromatic N) is 3. The van der Waals surface area contributed by atoms with Crippen molar-refractivity contribution in [3.8, 4) is 11.4 Å². The molecule has 0 fully saturated rings.